The van der Waals surface area contributed by atoms with Crippen molar-refractivity contribution in [3.63, 3.8) is 0 Å². The van der Waals surface area contributed by atoms with Crippen LogP contribution < -0.4 is 0 Å². The van der Waals surface area contributed by atoms with E-state index in [1.54, 1.807) is 12.1 Å². The van der Waals surface area contributed by atoms with E-state index in [4.69, 9.17) is 5.11 Å². The molecule has 2 nitrogen and oxygen atoms in total. The lowest BCUT2D eigenvalue weighted by Crippen LogP contribution is -2.13. The first-order valence-corrected chi connectivity index (χ1v) is 6.35. The van der Waals surface area contributed by atoms with E-state index in [-0.39, 0.29) is 31.2 Å². The Kier molecular flexibility index (Phi) is 5.30. The summed E-state index contributed by atoms with van der Waals surface area (Å²) in [6.45, 7) is 0. The molecule has 1 rings (SSSR count). The maximum atomic E-state index is 13.7. The Labute approximate surface area is 112 Å². The monoisotopic (exact) mass is 354 g/mol. The largest absolute Gasteiger partial charge is 0.481 e. The van der Waals surface area contributed by atoms with Gasteiger partial charge < -0.3 is 5.11 Å². The Bertz CT molecular complexity index is 377. The molecule has 17 heavy (non-hydrogen) atoms. The molecule has 0 spiro atoms. The molecule has 0 amide bonds. The van der Waals surface area contributed by atoms with Gasteiger partial charge in [0.25, 0.3) is 5.92 Å². The molecule has 0 bridgehead atoms. The second-order valence-corrected chi connectivity index (χ2v) is 5.06. The predicted molar refractivity (Wildman–Crippen MR) is 69.2 cm³/mol. The number of carboxylic acid groups (broad SMARTS) is 1. The van der Waals surface area contributed by atoms with Crippen LogP contribution in [0.2, 0.25) is 0 Å². The molecule has 0 aliphatic rings. The van der Waals surface area contributed by atoms with E-state index in [1.165, 1.54) is 12.1 Å². The smallest absolute Gasteiger partial charge is 0.303 e. The molecule has 1 aromatic carbocycles. The van der Waals surface area contributed by atoms with Gasteiger partial charge in [-0.05, 0) is 47.6 Å². The van der Waals surface area contributed by atoms with Gasteiger partial charge in [0.1, 0.15) is 0 Å². The van der Waals surface area contributed by atoms with Crippen LogP contribution in [0, 0.1) is 3.57 Å². The summed E-state index contributed by atoms with van der Waals surface area (Å²) in [5.41, 5.74) is -0.00626. The minimum absolute atomic E-state index is 0.00626. The van der Waals surface area contributed by atoms with Gasteiger partial charge in [-0.3, -0.25) is 4.79 Å². The van der Waals surface area contributed by atoms with Gasteiger partial charge >= 0.3 is 5.97 Å². The van der Waals surface area contributed by atoms with Crippen molar-refractivity contribution in [1.29, 1.82) is 0 Å². The van der Waals surface area contributed by atoms with Crippen molar-refractivity contribution in [3.8, 4) is 0 Å². The Hall–Kier alpha value is -0.720. The molecular formula is C12H13F2IO2. The van der Waals surface area contributed by atoms with Crippen molar-refractivity contribution >= 4 is 28.6 Å². The number of halogens is 3. The third-order valence-corrected chi connectivity index (χ3v) is 3.12. The van der Waals surface area contributed by atoms with E-state index < -0.39 is 11.9 Å². The van der Waals surface area contributed by atoms with Crippen molar-refractivity contribution in [2.24, 2.45) is 0 Å². The summed E-state index contributed by atoms with van der Waals surface area (Å²) in [6, 6.07) is 6.11. The second kappa shape index (κ2) is 6.28. The Balaban J connectivity index is 2.50. The molecule has 0 aliphatic carbocycles. The number of unbranched alkanes of at least 4 members (excludes halogenated alkanes) is 1. The van der Waals surface area contributed by atoms with Gasteiger partial charge in [-0.1, -0.05) is 12.1 Å². The highest BCUT2D eigenvalue weighted by Gasteiger charge is 2.30. The van der Waals surface area contributed by atoms with E-state index in [2.05, 4.69) is 22.6 Å². The summed E-state index contributed by atoms with van der Waals surface area (Å²) in [6.07, 6.45) is 0.143. The van der Waals surface area contributed by atoms with E-state index in [9.17, 15) is 13.6 Å². The van der Waals surface area contributed by atoms with Gasteiger partial charge in [-0.2, -0.15) is 0 Å². The van der Waals surface area contributed by atoms with Crippen molar-refractivity contribution < 1.29 is 18.7 Å². The number of rotatable bonds is 6. The van der Waals surface area contributed by atoms with E-state index in [0.717, 1.165) is 3.57 Å². The summed E-state index contributed by atoms with van der Waals surface area (Å²) in [4.78, 5) is 10.2. The minimum atomic E-state index is -2.87. The maximum absolute atomic E-state index is 13.7. The molecule has 0 saturated heterocycles. The number of hydrogen-bond acceptors (Lipinski definition) is 1. The summed E-state index contributed by atoms with van der Waals surface area (Å²) in [5.74, 6) is -3.81. The lowest BCUT2D eigenvalue weighted by atomic mass is 10.0. The molecule has 0 atom stereocenters. The van der Waals surface area contributed by atoms with Crippen LogP contribution in [0.5, 0.6) is 0 Å². The molecule has 0 heterocycles. The number of aliphatic carboxylic acids is 1. The van der Waals surface area contributed by atoms with Crippen LogP contribution in [0.25, 0.3) is 0 Å². The topological polar surface area (TPSA) is 37.3 Å². The molecule has 0 aliphatic heterocycles. The minimum Gasteiger partial charge on any atom is -0.481 e. The van der Waals surface area contributed by atoms with Crippen LogP contribution in [0.15, 0.2) is 24.3 Å². The van der Waals surface area contributed by atoms with E-state index >= 15 is 0 Å². The van der Waals surface area contributed by atoms with Crippen molar-refractivity contribution in [3.05, 3.63) is 33.4 Å². The molecule has 0 fully saturated rings. The molecule has 0 unspecified atom stereocenters. The van der Waals surface area contributed by atoms with Gasteiger partial charge in [-0.25, -0.2) is 8.78 Å². The zero-order valence-electron chi connectivity index (χ0n) is 9.13. The Morgan fingerprint density at radius 3 is 2.35 bits per heavy atom. The third-order valence-electron chi connectivity index (χ3n) is 2.40. The Morgan fingerprint density at radius 2 is 1.82 bits per heavy atom. The number of carboxylic acids is 1. The molecule has 1 N–H and O–H groups in total. The van der Waals surface area contributed by atoms with Gasteiger partial charge in [0, 0.05) is 22.0 Å². The lowest BCUT2D eigenvalue weighted by Gasteiger charge is -2.16. The molecule has 0 aromatic heterocycles. The maximum Gasteiger partial charge on any atom is 0.303 e. The van der Waals surface area contributed by atoms with Crippen LogP contribution >= 0.6 is 22.6 Å². The van der Waals surface area contributed by atoms with Crippen LogP contribution in [0.1, 0.15) is 31.2 Å². The first-order chi connectivity index (χ1) is 7.92. The first-order valence-electron chi connectivity index (χ1n) is 5.27. The highest BCUT2D eigenvalue weighted by atomic mass is 127. The number of alkyl halides is 2. The molecule has 1 aromatic rings. The van der Waals surface area contributed by atoms with Gasteiger partial charge in [-0.15, -0.1) is 0 Å². The SMILES string of the molecule is O=C(O)CCCCC(F)(F)c1ccc(I)cc1. The average molecular weight is 354 g/mol. The number of hydrogen-bond donors (Lipinski definition) is 1. The van der Waals surface area contributed by atoms with Gasteiger partial charge in [0.2, 0.25) is 0 Å². The zero-order valence-corrected chi connectivity index (χ0v) is 11.3. The van der Waals surface area contributed by atoms with Crippen LogP contribution in [-0.4, -0.2) is 11.1 Å². The van der Waals surface area contributed by atoms with Gasteiger partial charge in [0.05, 0.1) is 0 Å². The predicted octanol–water partition coefficient (Wildman–Crippen LogP) is 4.03. The van der Waals surface area contributed by atoms with E-state index in [0.29, 0.717) is 0 Å². The number of carbonyl (C=O) groups is 1. The van der Waals surface area contributed by atoms with Crippen molar-refractivity contribution in [2.45, 2.75) is 31.6 Å². The molecule has 0 saturated carbocycles. The first kappa shape index (κ1) is 14.3. The van der Waals surface area contributed by atoms with Crippen LogP contribution in [-0.2, 0) is 10.7 Å². The fraction of sp³-hybridized carbons (Fsp3) is 0.417. The highest BCUT2D eigenvalue weighted by molar-refractivity contribution is 14.1. The molecular weight excluding hydrogens is 341 g/mol. The quantitative estimate of drug-likeness (QED) is 0.619. The standard InChI is InChI=1S/C12H13F2IO2/c13-12(14,8-2-1-3-11(16)17)9-4-6-10(15)7-5-9/h4-7H,1-3,8H2,(H,16,17). The number of benzene rings is 1. The Morgan fingerprint density at radius 1 is 1.24 bits per heavy atom. The summed E-state index contributed by atoms with van der Waals surface area (Å²) >= 11 is 2.06. The zero-order chi connectivity index (χ0) is 12.9. The van der Waals surface area contributed by atoms with Gasteiger partial charge in [0.15, 0.2) is 0 Å². The third kappa shape index (κ3) is 4.97. The second-order valence-electron chi connectivity index (χ2n) is 3.81. The van der Waals surface area contributed by atoms with E-state index in [1.807, 2.05) is 0 Å². The lowest BCUT2D eigenvalue weighted by molar-refractivity contribution is -0.137. The summed E-state index contributed by atoms with van der Waals surface area (Å²) in [5, 5.41) is 8.40. The highest BCUT2D eigenvalue weighted by Crippen LogP contribution is 2.33. The molecule has 94 valence electrons. The van der Waals surface area contributed by atoms with Crippen LogP contribution in [0.3, 0.4) is 0 Å². The fourth-order valence-corrected chi connectivity index (χ4v) is 1.82. The molecule has 5 heteroatoms. The fourth-order valence-electron chi connectivity index (χ4n) is 1.46. The van der Waals surface area contributed by atoms with Crippen molar-refractivity contribution in [2.75, 3.05) is 0 Å². The van der Waals surface area contributed by atoms with Crippen molar-refractivity contribution in [1.82, 2.24) is 0 Å². The van der Waals surface area contributed by atoms with Crippen LogP contribution in [0.4, 0.5) is 8.78 Å². The average Bonchev–Trinajstić information content (AvgIpc) is 2.25. The summed E-state index contributed by atoms with van der Waals surface area (Å²) < 4.78 is 28.2. The molecule has 0 radical (unpaired) electrons. The summed E-state index contributed by atoms with van der Waals surface area (Å²) in [7, 11) is 0. The normalized spacial score (nSPS) is 11.5.